The van der Waals surface area contributed by atoms with Gasteiger partial charge in [0.25, 0.3) is 0 Å². The van der Waals surface area contributed by atoms with Crippen molar-refractivity contribution >= 4 is 5.97 Å². The maximum absolute atomic E-state index is 11.6. The SMILES string of the molecule is CCOC(=O)C(C(C)O)C1COCCO1. The monoisotopic (exact) mass is 218 g/mol. The van der Waals surface area contributed by atoms with Gasteiger partial charge in [-0.05, 0) is 13.8 Å². The summed E-state index contributed by atoms with van der Waals surface area (Å²) in [6.07, 6.45) is -1.20. The predicted molar refractivity (Wildman–Crippen MR) is 52.4 cm³/mol. The molecule has 1 heterocycles. The van der Waals surface area contributed by atoms with E-state index < -0.39 is 24.1 Å². The number of carbonyl (C=O) groups excluding carboxylic acids is 1. The lowest BCUT2D eigenvalue weighted by molar-refractivity contribution is -0.172. The summed E-state index contributed by atoms with van der Waals surface area (Å²) in [6, 6.07) is 0. The Balaban J connectivity index is 2.59. The van der Waals surface area contributed by atoms with Crippen molar-refractivity contribution in [2.75, 3.05) is 26.4 Å². The van der Waals surface area contributed by atoms with Crippen LogP contribution in [0, 0.1) is 5.92 Å². The van der Waals surface area contributed by atoms with Gasteiger partial charge in [0.15, 0.2) is 0 Å². The molecule has 5 nitrogen and oxygen atoms in total. The number of hydrogen-bond acceptors (Lipinski definition) is 5. The fourth-order valence-corrected chi connectivity index (χ4v) is 1.61. The van der Waals surface area contributed by atoms with E-state index in [0.717, 1.165) is 0 Å². The molecule has 1 rings (SSSR count). The molecule has 0 aromatic rings. The van der Waals surface area contributed by atoms with Crippen molar-refractivity contribution < 1.29 is 24.1 Å². The summed E-state index contributed by atoms with van der Waals surface area (Å²) in [5.41, 5.74) is 0. The summed E-state index contributed by atoms with van der Waals surface area (Å²) in [5, 5.41) is 9.53. The van der Waals surface area contributed by atoms with E-state index in [1.165, 1.54) is 0 Å². The Morgan fingerprint density at radius 1 is 1.60 bits per heavy atom. The highest BCUT2D eigenvalue weighted by atomic mass is 16.6. The predicted octanol–water partition coefficient (Wildman–Crippen LogP) is -0.0381. The first-order valence-corrected chi connectivity index (χ1v) is 5.20. The quantitative estimate of drug-likeness (QED) is 0.671. The van der Waals surface area contributed by atoms with Crippen LogP contribution < -0.4 is 0 Å². The average Bonchev–Trinajstić information content (AvgIpc) is 2.19. The van der Waals surface area contributed by atoms with E-state index >= 15 is 0 Å². The minimum Gasteiger partial charge on any atom is -0.466 e. The Morgan fingerprint density at radius 2 is 2.33 bits per heavy atom. The fourth-order valence-electron chi connectivity index (χ4n) is 1.61. The minimum atomic E-state index is -0.796. The van der Waals surface area contributed by atoms with Crippen molar-refractivity contribution in [3.05, 3.63) is 0 Å². The van der Waals surface area contributed by atoms with Crippen molar-refractivity contribution in [1.82, 2.24) is 0 Å². The van der Waals surface area contributed by atoms with Crippen molar-refractivity contribution in [3.63, 3.8) is 0 Å². The number of esters is 1. The second-order valence-corrected chi connectivity index (χ2v) is 3.50. The van der Waals surface area contributed by atoms with Crippen LogP contribution in [0.25, 0.3) is 0 Å². The molecule has 5 heteroatoms. The van der Waals surface area contributed by atoms with Crippen LogP contribution in [0.5, 0.6) is 0 Å². The van der Waals surface area contributed by atoms with Gasteiger partial charge < -0.3 is 19.3 Å². The van der Waals surface area contributed by atoms with Crippen molar-refractivity contribution in [2.45, 2.75) is 26.1 Å². The van der Waals surface area contributed by atoms with E-state index in [1.54, 1.807) is 13.8 Å². The summed E-state index contributed by atoms with van der Waals surface area (Å²) < 4.78 is 15.5. The second-order valence-electron chi connectivity index (χ2n) is 3.50. The van der Waals surface area contributed by atoms with Crippen LogP contribution in [0.4, 0.5) is 0 Å². The number of aliphatic hydroxyl groups is 1. The Hall–Kier alpha value is -0.650. The second kappa shape index (κ2) is 6.05. The molecule has 1 aliphatic heterocycles. The Bertz CT molecular complexity index is 198. The van der Waals surface area contributed by atoms with Gasteiger partial charge in [0.05, 0.1) is 38.6 Å². The standard InChI is InChI=1S/C10H18O5/c1-3-14-10(12)9(7(2)11)8-6-13-4-5-15-8/h7-9,11H,3-6H2,1-2H3. The number of ether oxygens (including phenoxy) is 3. The molecule has 0 saturated carbocycles. The third-order valence-corrected chi connectivity index (χ3v) is 2.32. The molecule has 0 aliphatic carbocycles. The van der Waals surface area contributed by atoms with Gasteiger partial charge in [0.2, 0.25) is 0 Å². The molecule has 3 atom stereocenters. The highest BCUT2D eigenvalue weighted by Gasteiger charge is 2.35. The van der Waals surface area contributed by atoms with Gasteiger partial charge in [-0.2, -0.15) is 0 Å². The molecule has 1 saturated heterocycles. The molecular formula is C10H18O5. The van der Waals surface area contributed by atoms with Crippen LogP contribution in [0.3, 0.4) is 0 Å². The van der Waals surface area contributed by atoms with E-state index in [0.29, 0.717) is 26.4 Å². The van der Waals surface area contributed by atoms with Gasteiger partial charge in [0, 0.05) is 0 Å². The van der Waals surface area contributed by atoms with E-state index in [9.17, 15) is 9.90 Å². The van der Waals surface area contributed by atoms with E-state index in [2.05, 4.69) is 0 Å². The minimum absolute atomic E-state index is 0.301. The topological polar surface area (TPSA) is 65.0 Å². The first-order valence-electron chi connectivity index (χ1n) is 5.20. The largest absolute Gasteiger partial charge is 0.466 e. The lowest BCUT2D eigenvalue weighted by Crippen LogP contribution is -2.44. The van der Waals surface area contributed by atoms with Crippen LogP contribution in [0.2, 0.25) is 0 Å². The van der Waals surface area contributed by atoms with Gasteiger partial charge in [-0.3, -0.25) is 4.79 Å². The Kier molecular flexibility index (Phi) is 5.01. The van der Waals surface area contributed by atoms with Crippen molar-refractivity contribution in [1.29, 1.82) is 0 Å². The third-order valence-electron chi connectivity index (χ3n) is 2.32. The molecule has 1 fully saturated rings. The summed E-state index contributed by atoms with van der Waals surface area (Å²) in [6.45, 7) is 4.90. The molecule has 1 N–H and O–H groups in total. The number of hydrogen-bond donors (Lipinski definition) is 1. The van der Waals surface area contributed by atoms with Crippen LogP contribution in [-0.2, 0) is 19.0 Å². The number of carbonyl (C=O) groups is 1. The molecular weight excluding hydrogens is 200 g/mol. The third kappa shape index (κ3) is 3.44. The molecule has 88 valence electrons. The molecule has 15 heavy (non-hydrogen) atoms. The summed E-state index contributed by atoms with van der Waals surface area (Å²) in [7, 11) is 0. The van der Waals surface area contributed by atoms with E-state index in [-0.39, 0.29) is 0 Å². The van der Waals surface area contributed by atoms with Gasteiger partial charge in [-0.15, -0.1) is 0 Å². The highest BCUT2D eigenvalue weighted by Crippen LogP contribution is 2.18. The van der Waals surface area contributed by atoms with E-state index in [4.69, 9.17) is 14.2 Å². The molecule has 0 radical (unpaired) electrons. The maximum atomic E-state index is 11.6. The molecule has 0 aromatic heterocycles. The first-order chi connectivity index (χ1) is 7.16. The van der Waals surface area contributed by atoms with Crippen LogP contribution in [0.1, 0.15) is 13.8 Å². The molecule has 3 unspecified atom stereocenters. The normalized spacial score (nSPS) is 25.7. The Labute approximate surface area is 89.3 Å². The highest BCUT2D eigenvalue weighted by molar-refractivity contribution is 5.73. The maximum Gasteiger partial charge on any atom is 0.314 e. The number of rotatable bonds is 4. The van der Waals surface area contributed by atoms with Crippen molar-refractivity contribution in [2.24, 2.45) is 5.92 Å². The van der Waals surface area contributed by atoms with Gasteiger partial charge >= 0.3 is 5.97 Å². The van der Waals surface area contributed by atoms with E-state index in [1.807, 2.05) is 0 Å². The summed E-state index contributed by atoms with van der Waals surface area (Å²) in [4.78, 5) is 11.6. The zero-order chi connectivity index (χ0) is 11.3. The lowest BCUT2D eigenvalue weighted by Gasteiger charge is -2.30. The zero-order valence-corrected chi connectivity index (χ0v) is 9.14. The van der Waals surface area contributed by atoms with Crippen LogP contribution in [0.15, 0.2) is 0 Å². The number of aliphatic hydroxyl groups excluding tert-OH is 1. The van der Waals surface area contributed by atoms with Gasteiger partial charge in [-0.25, -0.2) is 0 Å². The van der Waals surface area contributed by atoms with Gasteiger partial charge in [-0.1, -0.05) is 0 Å². The molecule has 0 bridgehead atoms. The fraction of sp³-hybridized carbons (Fsp3) is 0.900. The van der Waals surface area contributed by atoms with Crippen LogP contribution >= 0.6 is 0 Å². The van der Waals surface area contributed by atoms with Crippen LogP contribution in [-0.4, -0.2) is 49.7 Å². The first kappa shape index (κ1) is 12.4. The summed E-state index contributed by atoms with van der Waals surface area (Å²) in [5.74, 6) is -1.09. The molecule has 0 amide bonds. The molecule has 0 aromatic carbocycles. The van der Waals surface area contributed by atoms with Gasteiger partial charge in [0.1, 0.15) is 5.92 Å². The molecule has 1 aliphatic rings. The Morgan fingerprint density at radius 3 is 2.80 bits per heavy atom. The summed E-state index contributed by atoms with van der Waals surface area (Å²) >= 11 is 0. The molecule has 0 spiro atoms. The van der Waals surface area contributed by atoms with Crippen molar-refractivity contribution in [3.8, 4) is 0 Å². The average molecular weight is 218 g/mol. The smallest absolute Gasteiger partial charge is 0.314 e. The lowest BCUT2D eigenvalue weighted by atomic mass is 9.97. The zero-order valence-electron chi connectivity index (χ0n) is 9.14.